The minimum absolute atomic E-state index is 0.223. The Morgan fingerprint density at radius 2 is 1.80 bits per heavy atom. The number of halogens is 2. The van der Waals surface area contributed by atoms with E-state index in [9.17, 15) is 4.39 Å². The molecule has 0 aliphatic heterocycles. The van der Waals surface area contributed by atoms with E-state index in [2.05, 4.69) is 33.0 Å². The molecule has 0 aromatic heterocycles. The summed E-state index contributed by atoms with van der Waals surface area (Å²) < 4.78 is 14.0. The summed E-state index contributed by atoms with van der Waals surface area (Å²) in [5.41, 5.74) is 0.731. The molecule has 1 atom stereocenters. The summed E-state index contributed by atoms with van der Waals surface area (Å²) in [5, 5.41) is 3.71. The van der Waals surface area contributed by atoms with Gasteiger partial charge in [0.05, 0.1) is 5.02 Å². The molecule has 0 amide bonds. The van der Waals surface area contributed by atoms with Gasteiger partial charge >= 0.3 is 0 Å². The van der Waals surface area contributed by atoms with Crippen LogP contribution in [0.5, 0.6) is 0 Å². The van der Waals surface area contributed by atoms with Gasteiger partial charge in [-0.1, -0.05) is 51.4 Å². The lowest BCUT2D eigenvalue weighted by molar-refractivity contribution is 0.372. The van der Waals surface area contributed by atoms with Crippen molar-refractivity contribution in [3.05, 3.63) is 34.6 Å². The van der Waals surface area contributed by atoms with Crippen molar-refractivity contribution in [2.75, 3.05) is 13.1 Å². The van der Waals surface area contributed by atoms with Crippen molar-refractivity contribution < 1.29 is 4.39 Å². The summed E-state index contributed by atoms with van der Waals surface area (Å²) in [6, 6.07) is 5.28. The van der Waals surface area contributed by atoms with Crippen LogP contribution in [0.3, 0.4) is 0 Å². The van der Waals surface area contributed by atoms with Crippen LogP contribution in [0.1, 0.15) is 39.7 Å². The Bertz CT molecular complexity index is 404. The standard InChI is InChI=1S/C17H27ClFN/c1-12(2)8-14(11-20-10-13(3)4)9-15-6-5-7-16(18)17(15)19/h5-7,12-14,20H,8-11H2,1-4H3. The van der Waals surface area contributed by atoms with Crippen LogP contribution >= 0.6 is 11.6 Å². The Morgan fingerprint density at radius 3 is 2.40 bits per heavy atom. The Morgan fingerprint density at radius 1 is 1.10 bits per heavy atom. The zero-order valence-electron chi connectivity index (χ0n) is 13.0. The molecule has 1 aromatic carbocycles. The lowest BCUT2D eigenvalue weighted by Gasteiger charge is -2.21. The highest BCUT2D eigenvalue weighted by Crippen LogP contribution is 2.23. The molecule has 0 saturated carbocycles. The van der Waals surface area contributed by atoms with Gasteiger partial charge in [0, 0.05) is 0 Å². The van der Waals surface area contributed by atoms with Crippen molar-refractivity contribution >= 4 is 11.6 Å². The quantitative estimate of drug-likeness (QED) is 0.717. The Hall–Kier alpha value is -0.600. The van der Waals surface area contributed by atoms with Crippen LogP contribution in [-0.4, -0.2) is 13.1 Å². The Balaban J connectivity index is 2.65. The lowest BCUT2D eigenvalue weighted by Crippen LogP contribution is -2.28. The fraction of sp³-hybridized carbons (Fsp3) is 0.647. The number of hydrogen-bond donors (Lipinski definition) is 1. The minimum atomic E-state index is -0.258. The summed E-state index contributed by atoms with van der Waals surface area (Å²) in [5.74, 6) is 1.44. The van der Waals surface area contributed by atoms with E-state index < -0.39 is 0 Å². The first kappa shape index (κ1) is 17.5. The third-order valence-corrected chi connectivity index (χ3v) is 3.62. The average molecular weight is 300 g/mol. The SMILES string of the molecule is CC(C)CNCC(Cc1cccc(Cl)c1F)CC(C)C. The molecule has 1 rings (SSSR count). The van der Waals surface area contributed by atoms with Crippen LogP contribution < -0.4 is 5.32 Å². The molecule has 114 valence electrons. The maximum Gasteiger partial charge on any atom is 0.144 e. The molecule has 0 fully saturated rings. The monoisotopic (exact) mass is 299 g/mol. The first-order valence-corrected chi connectivity index (χ1v) is 7.91. The van der Waals surface area contributed by atoms with Crippen LogP contribution in [-0.2, 0) is 6.42 Å². The predicted octanol–water partition coefficient (Wildman–Crippen LogP) is 4.93. The van der Waals surface area contributed by atoms with Crippen molar-refractivity contribution in [2.24, 2.45) is 17.8 Å². The predicted molar refractivity (Wildman–Crippen MR) is 85.8 cm³/mol. The van der Waals surface area contributed by atoms with Gasteiger partial charge in [-0.3, -0.25) is 0 Å². The number of nitrogens with one attached hydrogen (secondary N) is 1. The zero-order valence-corrected chi connectivity index (χ0v) is 13.8. The molecule has 1 aromatic rings. The molecule has 0 bridgehead atoms. The lowest BCUT2D eigenvalue weighted by atomic mass is 9.90. The highest BCUT2D eigenvalue weighted by Gasteiger charge is 2.15. The Kier molecular flexibility index (Phi) is 7.53. The van der Waals surface area contributed by atoms with Crippen LogP contribution in [0.2, 0.25) is 5.02 Å². The zero-order chi connectivity index (χ0) is 15.1. The van der Waals surface area contributed by atoms with E-state index in [-0.39, 0.29) is 10.8 Å². The minimum Gasteiger partial charge on any atom is -0.316 e. The smallest absolute Gasteiger partial charge is 0.144 e. The van der Waals surface area contributed by atoms with Crippen molar-refractivity contribution in [3.63, 3.8) is 0 Å². The van der Waals surface area contributed by atoms with Crippen molar-refractivity contribution in [1.29, 1.82) is 0 Å². The summed E-state index contributed by atoms with van der Waals surface area (Å²) in [7, 11) is 0. The molecule has 0 saturated heterocycles. The van der Waals surface area contributed by atoms with Crippen LogP contribution in [0.25, 0.3) is 0 Å². The van der Waals surface area contributed by atoms with E-state index in [4.69, 9.17) is 11.6 Å². The molecule has 0 radical (unpaired) electrons. The van der Waals surface area contributed by atoms with E-state index in [0.717, 1.165) is 31.5 Å². The van der Waals surface area contributed by atoms with E-state index in [0.29, 0.717) is 17.8 Å². The normalized spacial score (nSPS) is 13.2. The van der Waals surface area contributed by atoms with Crippen molar-refractivity contribution in [2.45, 2.75) is 40.5 Å². The third kappa shape index (κ3) is 6.23. The molecule has 0 spiro atoms. The van der Waals surface area contributed by atoms with E-state index in [1.54, 1.807) is 6.07 Å². The fourth-order valence-corrected chi connectivity index (χ4v) is 2.69. The number of rotatable bonds is 8. The van der Waals surface area contributed by atoms with Gasteiger partial charge in [-0.15, -0.1) is 0 Å². The molecule has 0 heterocycles. The van der Waals surface area contributed by atoms with Gasteiger partial charge in [-0.25, -0.2) is 4.39 Å². The topological polar surface area (TPSA) is 12.0 Å². The van der Waals surface area contributed by atoms with Gasteiger partial charge in [0.1, 0.15) is 5.82 Å². The van der Waals surface area contributed by atoms with Crippen molar-refractivity contribution in [1.82, 2.24) is 5.32 Å². The van der Waals surface area contributed by atoms with E-state index >= 15 is 0 Å². The molecule has 1 unspecified atom stereocenters. The molecule has 3 heteroatoms. The number of benzene rings is 1. The van der Waals surface area contributed by atoms with Gasteiger partial charge in [0.15, 0.2) is 0 Å². The second kappa shape index (κ2) is 8.63. The highest BCUT2D eigenvalue weighted by molar-refractivity contribution is 6.30. The maximum absolute atomic E-state index is 14.0. The Labute approximate surface area is 127 Å². The maximum atomic E-state index is 14.0. The molecule has 0 aliphatic carbocycles. The highest BCUT2D eigenvalue weighted by atomic mass is 35.5. The van der Waals surface area contributed by atoms with Gasteiger partial charge in [0.2, 0.25) is 0 Å². The first-order chi connectivity index (χ1) is 9.40. The van der Waals surface area contributed by atoms with Gasteiger partial charge < -0.3 is 5.32 Å². The summed E-state index contributed by atoms with van der Waals surface area (Å²) >= 11 is 5.86. The van der Waals surface area contributed by atoms with Gasteiger partial charge in [-0.2, -0.15) is 0 Å². The second-order valence-electron chi connectivity index (χ2n) is 6.46. The fourth-order valence-electron chi connectivity index (χ4n) is 2.50. The van der Waals surface area contributed by atoms with Gasteiger partial charge in [0.25, 0.3) is 0 Å². The first-order valence-electron chi connectivity index (χ1n) is 7.53. The molecule has 20 heavy (non-hydrogen) atoms. The van der Waals surface area contributed by atoms with E-state index in [1.165, 1.54) is 0 Å². The number of hydrogen-bond acceptors (Lipinski definition) is 1. The molecular weight excluding hydrogens is 273 g/mol. The van der Waals surface area contributed by atoms with E-state index in [1.807, 2.05) is 12.1 Å². The van der Waals surface area contributed by atoms with Crippen LogP contribution in [0.15, 0.2) is 18.2 Å². The van der Waals surface area contributed by atoms with Crippen molar-refractivity contribution in [3.8, 4) is 0 Å². The van der Waals surface area contributed by atoms with Crippen LogP contribution in [0, 0.1) is 23.6 Å². The van der Waals surface area contributed by atoms with Crippen LogP contribution in [0.4, 0.5) is 4.39 Å². The summed E-state index contributed by atoms with van der Waals surface area (Å²) in [6.45, 7) is 10.8. The molecular formula is C17H27ClFN. The molecule has 1 nitrogen and oxygen atoms in total. The average Bonchev–Trinajstić information content (AvgIpc) is 2.33. The summed E-state index contributed by atoms with van der Waals surface area (Å²) in [4.78, 5) is 0. The largest absolute Gasteiger partial charge is 0.316 e. The molecule has 0 aliphatic rings. The third-order valence-electron chi connectivity index (χ3n) is 3.33. The summed E-state index contributed by atoms with van der Waals surface area (Å²) in [6.07, 6.45) is 1.84. The second-order valence-corrected chi connectivity index (χ2v) is 6.87. The van der Waals surface area contributed by atoms with Gasteiger partial charge in [-0.05, 0) is 55.3 Å². The molecule has 1 N–H and O–H groups in total.